The van der Waals surface area contributed by atoms with Crippen molar-refractivity contribution in [3.8, 4) is 0 Å². The van der Waals surface area contributed by atoms with E-state index in [0.29, 0.717) is 10.7 Å². The minimum atomic E-state index is -0.0173. The molecular formula is C15H13ClN2O. The Morgan fingerprint density at radius 1 is 1.21 bits per heavy atom. The largest absolute Gasteiger partial charge is 0.308 e. The Morgan fingerprint density at radius 2 is 2.05 bits per heavy atom. The minimum Gasteiger partial charge on any atom is -0.308 e. The molecule has 96 valence electrons. The normalized spacial score (nSPS) is 14.1. The van der Waals surface area contributed by atoms with E-state index >= 15 is 0 Å². The summed E-state index contributed by atoms with van der Waals surface area (Å²) in [4.78, 5) is 18.3. The van der Waals surface area contributed by atoms with E-state index in [0.717, 1.165) is 25.1 Å². The lowest BCUT2D eigenvalue weighted by Crippen LogP contribution is -2.35. The first-order chi connectivity index (χ1) is 9.25. The minimum absolute atomic E-state index is 0.0173. The molecule has 3 nitrogen and oxygen atoms in total. The molecule has 0 aliphatic carbocycles. The maximum atomic E-state index is 12.5. The second-order valence-corrected chi connectivity index (χ2v) is 4.95. The van der Waals surface area contributed by atoms with Gasteiger partial charge in [-0.05, 0) is 36.6 Å². The van der Waals surface area contributed by atoms with Crippen molar-refractivity contribution < 1.29 is 4.79 Å². The van der Waals surface area contributed by atoms with E-state index in [4.69, 9.17) is 11.6 Å². The van der Waals surface area contributed by atoms with Gasteiger partial charge in [0.05, 0.1) is 5.56 Å². The zero-order valence-corrected chi connectivity index (χ0v) is 11.1. The van der Waals surface area contributed by atoms with Crippen LogP contribution < -0.4 is 4.90 Å². The van der Waals surface area contributed by atoms with Crippen LogP contribution >= 0.6 is 11.6 Å². The summed E-state index contributed by atoms with van der Waals surface area (Å²) >= 11 is 5.75. The number of carbonyl (C=O) groups is 1. The Hall–Kier alpha value is -1.87. The van der Waals surface area contributed by atoms with Crippen LogP contribution in [0.3, 0.4) is 0 Å². The number of nitrogens with zero attached hydrogens (tertiary/aromatic N) is 2. The molecule has 0 atom stereocenters. The van der Waals surface area contributed by atoms with E-state index in [1.54, 1.807) is 12.1 Å². The maximum Gasteiger partial charge on any atom is 0.259 e. The molecule has 2 aromatic rings. The van der Waals surface area contributed by atoms with Crippen LogP contribution in [0, 0.1) is 0 Å². The van der Waals surface area contributed by atoms with E-state index in [-0.39, 0.29) is 5.91 Å². The fraction of sp³-hybridized carbons (Fsp3) is 0.200. The first-order valence-corrected chi connectivity index (χ1v) is 6.65. The molecule has 1 aliphatic heterocycles. The second-order valence-electron chi connectivity index (χ2n) is 4.56. The van der Waals surface area contributed by atoms with Crippen LogP contribution in [0.4, 0.5) is 5.69 Å². The van der Waals surface area contributed by atoms with Crippen LogP contribution in [-0.2, 0) is 6.42 Å². The predicted octanol–water partition coefficient (Wildman–Crippen LogP) is 3.33. The molecule has 0 spiro atoms. The summed E-state index contributed by atoms with van der Waals surface area (Å²) in [6.45, 7) is 0.748. The van der Waals surface area contributed by atoms with Gasteiger partial charge >= 0.3 is 0 Å². The molecule has 19 heavy (non-hydrogen) atoms. The number of anilines is 1. The van der Waals surface area contributed by atoms with Crippen molar-refractivity contribution in [3.05, 3.63) is 58.9 Å². The molecule has 3 rings (SSSR count). The first-order valence-electron chi connectivity index (χ1n) is 6.27. The summed E-state index contributed by atoms with van der Waals surface area (Å²) in [5, 5.41) is 0.399. The summed E-state index contributed by atoms with van der Waals surface area (Å²) in [6.07, 6.45) is 3.55. The van der Waals surface area contributed by atoms with Crippen molar-refractivity contribution in [1.29, 1.82) is 0 Å². The average molecular weight is 273 g/mol. The number of fused-ring (bicyclic) bond motifs is 1. The molecule has 0 unspecified atom stereocenters. The molecule has 4 heteroatoms. The van der Waals surface area contributed by atoms with Crippen molar-refractivity contribution in [1.82, 2.24) is 4.98 Å². The fourth-order valence-corrected chi connectivity index (χ4v) is 2.51. The van der Waals surface area contributed by atoms with Crippen molar-refractivity contribution in [2.75, 3.05) is 11.4 Å². The number of halogens is 1. The van der Waals surface area contributed by atoms with Gasteiger partial charge in [-0.15, -0.1) is 0 Å². The first kappa shape index (κ1) is 12.2. The molecule has 1 aromatic heterocycles. The number of rotatable bonds is 1. The van der Waals surface area contributed by atoms with Crippen LogP contribution in [0.1, 0.15) is 22.3 Å². The zero-order valence-electron chi connectivity index (χ0n) is 10.3. The standard InChI is InChI=1S/C15H13ClN2O/c16-14-8-7-12(10-17-14)15(19)18-9-3-5-11-4-1-2-6-13(11)18/h1-2,4,6-8,10H,3,5,9H2. The highest BCUT2D eigenvalue weighted by molar-refractivity contribution is 6.29. The molecule has 2 heterocycles. The van der Waals surface area contributed by atoms with Gasteiger partial charge in [0.1, 0.15) is 5.15 Å². The Kier molecular flexibility index (Phi) is 3.22. The molecular weight excluding hydrogens is 260 g/mol. The number of hydrogen-bond donors (Lipinski definition) is 0. The molecule has 0 radical (unpaired) electrons. The van der Waals surface area contributed by atoms with Gasteiger partial charge in [0.25, 0.3) is 5.91 Å². The van der Waals surface area contributed by atoms with Crippen LogP contribution in [0.25, 0.3) is 0 Å². The SMILES string of the molecule is O=C(c1ccc(Cl)nc1)N1CCCc2ccccc21. The number of carbonyl (C=O) groups excluding carboxylic acids is 1. The number of para-hydroxylation sites is 1. The number of amides is 1. The Balaban J connectivity index is 1.95. The van der Waals surface area contributed by atoms with Gasteiger partial charge in [-0.25, -0.2) is 4.98 Å². The molecule has 0 saturated carbocycles. The molecule has 0 bridgehead atoms. The van der Waals surface area contributed by atoms with E-state index in [1.807, 2.05) is 23.1 Å². The topological polar surface area (TPSA) is 33.2 Å². The predicted molar refractivity (Wildman–Crippen MR) is 75.7 cm³/mol. The summed E-state index contributed by atoms with van der Waals surface area (Å²) in [5.74, 6) is -0.0173. The summed E-state index contributed by atoms with van der Waals surface area (Å²) in [5.41, 5.74) is 2.80. The maximum absolute atomic E-state index is 12.5. The van der Waals surface area contributed by atoms with Crippen molar-refractivity contribution in [2.24, 2.45) is 0 Å². The van der Waals surface area contributed by atoms with Gasteiger partial charge < -0.3 is 4.90 Å². The van der Waals surface area contributed by atoms with E-state index < -0.39 is 0 Å². The Labute approximate surface area is 116 Å². The van der Waals surface area contributed by atoms with Gasteiger partial charge in [0.15, 0.2) is 0 Å². The molecule has 0 fully saturated rings. The highest BCUT2D eigenvalue weighted by Crippen LogP contribution is 2.28. The van der Waals surface area contributed by atoms with E-state index in [1.165, 1.54) is 11.8 Å². The monoisotopic (exact) mass is 272 g/mol. The molecule has 0 saturated heterocycles. The molecule has 1 aliphatic rings. The van der Waals surface area contributed by atoms with Crippen molar-refractivity contribution in [2.45, 2.75) is 12.8 Å². The van der Waals surface area contributed by atoms with Crippen LogP contribution in [0.15, 0.2) is 42.6 Å². The summed E-state index contributed by atoms with van der Waals surface area (Å²) in [6, 6.07) is 11.4. The lowest BCUT2D eigenvalue weighted by Gasteiger charge is -2.29. The van der Waals surface area contributed by atoms with Gasteiger partial charge in [-0.2, -0.15) is 0 Å². The van der Waals surface area contributed by atoms with E-state index in [9.17, 15) is 4.79 Å². The Bertz CT molecular complexity index is 610. The summed E-state index contributed by atoms with van der Waals surface area (Å²) in [7, 11) is 0. The highest BCUT2D eigenvalue weighted by Gasteiger charge is 2.23. The lowest BCUT2D eigenvalue weighted by atomic mass is 10.0. The van der Waals surface area contributed by atoms with Gasteiger partial charge in [0, 0.05) is 18.4 Å². The van der Waals surface area contributed by atoms with Gasteiger partial charge in [-0.1, -0.05) is 29.8 Å². The van der Waals surface area contributed by atoms with Crippen molar-refractivity contribution in [3.63, 3.8) is 0 Å². The van der Waals surface area contributed by atoms with Crippen LogP contribution in [0.2, 0.25) is 5.15 Å². The number of aryl methyl sites for hydroxylation is 1. The van der Waals surface area contributed by atoms with E-state index in [2.05, 4.69) is 11.1 Å². The number of aromatic nitrogens is 1. The third-order valence-corrected chi connectivity index (χ3v) is 3.55. The third kappa shape index (κ3) is 2.34. The summed E-state index contributed by atoms with van der Waals surface area (Å²) < 4.78 is 0. The average Bonchev–Trinajstić information content (AvgIpc) is 2.47. The quantitative estimate of drug-likeness (QED) is 0.746. The molecule has 0 N–H and O–H groups in total. The van der Waals surface area contributed by atoms with Crippen molar-refractivity contribution >= 4 is 23.2 Å². The van der Waals surface area contributed by atoms with Gasteiger partial charge in [0.2, 0.25) is 0 Å². The smallest absolute Gasteiger partial charge is 0.259 e. The fourth-order valence-electron chi connectivity index (χ4n) is 2.40. The second kappa shape index (κ2) is 5.02. The highest BCUT2D eigenvalue weighted by atomic mass is 35.5. The van der Waals surface area contributed by atoms with Crippen LogP contribution in [0.5, 0.6) is 0 Å². The van der Waals surface area contributed by atoms with Gasteiger partial charge in [-0.3, -0.25) is 4.79 Å². The number of pyridine rings is 1. The number of hydrogen-bond acceptors (Lipinski definition) is 2. The zero-order chi connectivity index (χ0) is 13.2. The molecule has 1 aromatic carbocycles. The van der Waals surface area contributed by atoms with Crippen LogP contribution in [-0.4, -0.2) is 17.4 Å². The third-order valence-electron chi connectivity index (χ3n) is 3.33. The molecule has 1 amide bonds. The Morgan fingerprint density at radius 3 is 2.84 bits per heavy atom. The lowest BCUT2D eigenvalue weighted by molar-refractivity contribution is 0.0985. The number of benzene rings is 1.